The molecule has 1 heterocycles. The van der Waals surface area contributed by atoms with E-state index in [1.165, 1.54) is 11.3 Å². The molecule has 1 amide bonds. The summed E-state index contributed by atoms with van der Waals surface area (Å²) >= 11 is 8.97. The molecule has 0 aromatic carbocycles. The van der Waals surface area contributed by atoms with Gasteiger partial charge in [0.05, 0.1) is 15.3 Å². The predicted molar refractivity (Wildman–Crippen MR) is 66.6 cm³/mol. The standard InChI is InChI=1S/C8H9ClINO2S/c9-7-2-1-6(14-7)8(13)11-4-5(12)3-10/h1-2,5,12H,3-4H2,(H,11,13)/t5-/m1/s1. The van der Waals surface area contributed by atoms with Gasteiger partial charge in [0, 0.05) is 11.0 Å². The number of rotatable bonds is 4. The third-order valence-corrected chi connectivity index (χ3v) is 3.72. The minimum atomic E-state index is -0.491. The number of carbonyl (C=O) groups excluding carboxylic acids is 1. The highest BCUT2D eigenvalue weighted by molar-refractivity contribution is 14.1. The summed E-state index contributed by atoms with van der Waals surface area (Å²) < 4.78 is 1.19. The lowest BCUT2D eigenvalue weighted by Crippen LogP contribution is -2.32. The fraction of sp³-hybridized carbons (Fsp3) is 0.375. The Morgan fingerprint density at radius 2 is 2.43 bits per heavy atom. The van der Waals surface area contributed by atoms with Crippen LogP contribution in [0.5, 0.6) is 0 Å². The molecular weight excluding hydrogens is 337 g/mol. The molecule has 0 bridgehead atoms. The summed E-state index contributed by atoms with van der Waals surface area (Å²) in [5.74, 6) is -0.189. The zero-order valence-corrected chi connectivity index (χ0v) is 10.9. The van der Waals surface area contributed by atoms with Crippen LogP contribution in [0.25, 0.3) is 0 Å². The summed E-state index contributed by atoms with van der Waals surface area (Å²) in [6.45, 7) is 0.275. The van der Waals surface area contributed by atoms with Crippen molar-refractivity contribution in [3.63, 3.8) is 0 Å². The number of aliphatic hydroxyl groups excluding tert-OH is 1. The second-order valence-corrected chi connectivity index (χ2v) is 5.22. The minimum absolute atomic E-state index is 0.189. The quantitative estimate of drug-likeness (QED) is 0.647. The molecule has 0 saturated heterocycles. The average Bonchev–Trinajstić information content (AvgIpc) is 2.60. The van der Waals surface area contributed by atoms with Crippen LogP contribution >= 0.6 is 45.5 Å². The Labute approximate surface area is 105 Å². The summed E-state index contributed by atoms with van der Waals surface area (Å²) in [5, 5.41) is 11.8. The molecule has 0 aliphatic rings. The van der Waals surface area contributed by atoms with Crippen molar-refractivity contribution in [2.75, 3.05) is 11.0 Å². The van der Waals surface area contributed by atoms with Crippen molar-refractivity contribution < 1.29 is 9.90 Å². The molecule has 0 unspecified atom stereocenters. The van der Waals surface area contributed by atoms with Crippen LogP contribution < -0.4 is 5.32 Å². The van der Waals surface area contributed by atoms with Gasteiger partial charge in [0.2, 0.25) is 0 Å². The number of thiophene rings is 1. The van der Waals surface area contributed by atoms with E-state index in [9.17, 15) is 9.90 Å². The molecule has 3 nitrogen and oxygen atoms in total. The van der Waals surface area contributed by atoms with Crippen LogP contribution in [0.15, 0.2) is 12.1 Å². The van der Waals surface area contributed by atoms with Crippen LogP contribution in [0, 0.1) is 0 Å². The van der Waals surface area contributed by atoms with Crippen molar-refractivity contribution >= 4 is 51.4 Å². The molecule has 0 aliphatic heterocycles. The van der Waals surface area contributed by atoms with Gasteiger partial charge in [-0.15, -0.1) is 11.3 Å². The second-order valence-electron chi connectivity index (χ2n) is 2.62. The number of amides is 1. The van der Waals surface area contributed by atoms with Crippen molar-refractivity contribution in [1.82, 2.24) is 5.32 Å². The first kappa shape index (κ1) is 12.2. The highest BCUT2D eigenvalue weighted by Gasteiger charge is 2.09. The van der Waals surface area contributed by atoms with Gasteiger partial charge in [-0.05, 0) is 12.1 Å². The van der Waals surface area contributed by atoms with E-state index in [4.69, 9.17) is 11.6 Å². The summed E-state index contributed by atoms with van der Waals surface area (Å²) in [6, 6.07) is 3.34. The van der Waals surface area contributed by atoms with E-state index in [0.29, 0.717) is 13.6 Å². The Kier molecular flexibility index (Phi) is 5.14. The first-order chi connectivity index (χ1) is 6.63. The smallest absolute Gasteiger partial charge is 0.261 e. The fourth-order valence-corrected chi connectivity index (χ4v) is 2.06. The molecular formula is C8H9ClINO2S. The van der Waals surface area contributed by atoms with Gasteiger partial charge in [0.25, 0.3) is 5.91 Å². The molecule has 2 N–H and O–H groups in total. The van der Waals surface area contributed by atoms with Gasteiger partial charge in [-0.2, -0.15) is 0 Å². The lowest BCUT2D eigenvalue weighted by atomic mass is 10.4. The van der Waals surface area contributed by atoms with Crippen LogP contribution in [-0.4, -0.2) is 28.1 Å². The zero-order chi connectivity index (χ0) is 10.6. The molecule has 6 heteroatoms. The van der Waals surface area contributed by atoms with E-state index >= 15 is 0 Å². The maximum atomic E-state index is 11.4. The summed E-state index contributed by atoms with van der Waals surface area (Å²) in [5.41, 5.74) is 0. The highest BCUT2D eigenvalue weighted by Crippen LogP contribution is 2.20. The van der Waals surface area contributed by atoms with E-state index in [2.05, 4.69) is 27.9 Å². The van der Waals surface area contributed by atoms with Crippen LogP contribution in [0.1, 0.15) is 9.67 Å². The third kappa shape index (κ3) is 3.72. The van der Waals surface area contributed by atoms with Crippen molar-refractivity contribution in [3.8, 4) is 0 Å². The first-order valence-corrected chi connectivity index (χ1v) is 6.63. The van der Waals surface area contributed by atoms with Crippen molar-refractivity contribution in [2.24, 2.45) is 0 Å². The van der Waals surface area contributed by atoms with E-state index < -0.39 is 6.10 Å². The Hall–Kier alpha value is 0.150. The number of nitrogens with one attached hydrogen (secondary N) is 1. The molecule has 0 spiro atoms. The summed E-state index contributed by atoms with van der Waals surface area (Å²) in [6.07, 6.45) is -0.491. The van der Waals surface area contributed by atoms with E-state index in [0.717, 1.165) is 0 Å². The minimum Gasteiger partial charge on any atom is -0.390 e. The van der Waals surface area contributed by atoms with E-state index in [1.807, 2.05) is 0 Å². The molecule has 1 aromatic heterocycles. The number of alkyl halides is 1. The van der Waals surface area contributed by atoms with E-state index in [-0.39, 0.29) is 12.5 Å². The van der Waals surface area contributed by atoms with Crippen molar-refractivity contribution in [1.29, 1.82) is 0 Å². The maximum Gasteiger partial charge on any atom is 0.261 e. The largest absolute Gasteiger partial charge is 0.390 e. The third-order valence-electron chi connectivity index (χ3n) is 1.47. The van der Waals surface area contributed by atoms with Crippen LogP contribution in [0.3, 0.4) is 0 Å². The van der Waals surface area contributed by atoms with Gasteiger partial charge in [-0.3, -0.25) is 4.79 Å². The summed E-state index contributed by atoms with van der Waals surface area (Å²) in [4.78, 5) is 12.0. The number of halogens is 2. The lowest BCUT2D eigenvalue weighted by Gasteiger charge is -2.07. The second kappa shape index (κ2) is 5.89. The number of carbonyl (C=O) groups is 1. The monoisotopic (exact) mass is 345 g/mol. The number of aliphatic hydroxyl groups is 1. The van der Waals surface area contributed by atoms with Gasteiger partial charge in [0.1, 0.15) is 0 Å². The molecule has 0 aliphatic carbocycles. The number of hydrogen-bond donors (Lipinski definition) is 2. The van der Waals surface area contributed by atoms with Gasteiger partial charge in [0.15, 0.2) is 0 Å². The Balaban J connectivity index is 2.43. The first-order valence-electron chi connectivity index (χ1n) is 3.91. The topological polar surface area (TPSA) is 49.3 Å². The molecule has 14 heavy (non-hydrogen) atoms. The normalized spacial score (nSPS) is 12.5. The van der Waals surface area contributed by atoms with Crippen LogP contribution in [-0.2, 0) is 0 Å². The maximum absolute atomic E-state index is 11.4. The van der Waals surface area contributed by atoms with E-state index in [1.54, 1.807) is 12.1 Å². The molecule has 1 atom stereocenters. The number of hydrogen-bond acceptors (Lipinski definition) is 3. The van der Waals surface area contributed by atoms with Gasteiger partial charge in [-0.25, -0.2) is 0 Å². The van der Waals surface area contributed by atoms with Crippen LogP contribution in [0.2, 0.25) is 4.34 Å². The zero-order valence-electron chi connectivity index (χ0n) is 7.17. The molecule has 1 rings (SSSR count). The van der Waals surface area contributed by atoms with Gasteiger partial charge in [-0.1, -0.05) is 34.2 Å². The highest BCUT2D eigenvalue weighted by atomic mass is 127. The Bertz CT molecular complexity index is 318. The molecule has 1 aromatic rings. The molecule has 78 valence electrons. The predicted octanol–water partition coefficient (Wildman–Crippen LogP) is 1.93. The Morgan fingerprint density at radius 3 is 2.93 bits per heavy atom. The molecule has 0 fully saturated rings. The van der Waals surface area contributed by atoms with Crippen LogP contribution in [0.4, 0.5) is 0 Å². The fourth-order valence-electron chi connectivity index (χ4n) is 0.789. The van der Waals surface area contributed by atoms with Crippen molar-refractivity contribution in [3.05, 3.63) is 21.3 Å². The SMILES string of the molecule is O=C(NC[C@H](O)CI)c1ccc(Cl)s1. The average molecular weight is 346 g/mol. The van der Waals surface area contributed by atoms with Gasteiger partial charge < -0.3 is 10.4 Å². The van der Waals surface area contributed by atoms with Crippen molar-refractivity contribution in [2.45, 2.75) is 6.10 Å². The lowest BCUT2D eigenvalue weighted by molar-refractivity contribution is 0.0931. The Morgan fingerprint density at radius 1 is 1.71 bits per heavy atom. The van der Waals surface area contributed by atoms with Gasteiger partial charge >= 0.3 is 0 Å². The molecule has 0 radical (unpaired) electrons. The molecule has 0 saturated carbocycles. The summed E-state index contributed by atoms with van der Waals surface area (Å²) in [7, 11) is 0.